The highest BCUT2D eigenvalue weighted by atomic mass is 15.3. The van der Waals surface area contributed by atoms with Gasteiger partial charge in [-0.25, -0.2) is 0 Å². The van der Waals surface area contributed by atoms with Crippen LogP contribution in [0.5, 0.6) is 0 Å². The second-order valence-electron chi connectivity index (χ2n) is 1.97. The zero-order valence-corrected chi connectivity index (χ0v) is 6.18. The number of hydrogen-bond acceptors (Lipinski definition) is 3. The molecule has 0 atom stereocenters. The van der Waals surface area contributed by atoms with Crippen LogP contribution < -0.4 is 5.43 Å². The molecule has 3 heteroatoms. The van der Waals surface area contributed by atoms with E-state index in [-0.39, 0.29) is 0 Å². The van der Waals surface area contributed by atoms with E-state index >= 15 is 0 Å². The third-order valence-corrected chi connectivity index (χ3v) is 1.07. The van der Waals surface area contributed by atoms with Crippen molar-refractivity contribution in [3.63, 3.8) is 0 Å². The Morgan fingerprint density at radius 3 is 2.56 bits per heavy atom. The lowest BCUT2D eigenvalue weighted by atomic mass is 10.5. The lowest BCUT2D eigenvalue weighted by Crippen LogP contribution is -2.10. The molecule has 0 saturated heterocycles. The molecule has 0 radical (unpaired) electrons. The predicted molar refractivity (Wildman–Crippen MR) is 40.1 cm³/mol. The monoisotopic (exact) mass is 127 g/mol. The highest BCUT2D eigenvalue weighted by Crippen LogP contribution is 1.91. The van der Waals surface area contributed by atoms with Crippen LogP contribution in [0, 0.1) is 0 Å². The molecule has 0 aliphatic rings. The molecule has 9 heavy (non-hydrogen) atoms. The first-order valence-electron chi connectivity index (χ1n) is 2.74. The minimum Gasteiger partial charge on any atom is -0.380 e. The van der Waals surface area contributed by atoms with Crippen molar-refractivity contribution in [2.45, 2.75) is 6.92 Å². The van der Waals surface area contributed by atoms with Crippen LogP contribution in [0.4, 0.5) is 0 Å². The molecule has 1 N–H and O–H groups in total. The minimum absolute atomic E-state index is 1.11. The minimum atomic E-state index is 1.11. The molecule has 0 aromatic rings. The Hall–Kier alpha value is -0.990. The molecule has 0 fully saturated rings. The van der Waals surface area contributed by atoms with E-state index in [0.717, 1.165) is 5.70 Å². The fourth-order valence-corrected chi connectivity index (χ4v) is 0.268. The fraction of sp³-hybridized carbons (Fsp3) is 0.500. The van der Waals surface area contributed by atoms with Gasteiger partial charge in [0.05, 0.1) is 0 Å². The third kappa shape index (κ3) is 3.58. The molecule has 0 saturated carbocycles. The molecular weight excluding hydrogens is 114 g/mol. The summed E-state index contributed by atoms with van der Waals surface area (Å²) in [5, 5.41) is 3.46. The van der Waals surface area contributed by atoms with Gasteiger partial charge < -0.3 is 4.90 Å². The van der Waals surface area contributed by atoms with Crippen LogP contribution in [0.2, 0.25) is 0 Å². The molecule has 0 spiro atoms. The van der Waals surface area contributed by atoms with Crippen LogP contribution >= 0.6 is 0 Å². The first-order valence-corrected chi connectivity index (χ1v) is 2.74. The number of rotatable bonds is 3. The molecule has 0 rings (SSSR count). The van der Waals surface area contributed by atoms with Crippen molar-refractivity contribution in [1.82, 2.24) is 10.3 Å². The summed E-state index contributed by atoms with van der Waals surface area (Å²) in [5.74, 6) is 0. The van der Waals surface area contributed by atoms with Crippen LogP contribution in [-0.4, -0.2) is 25.7 Å². The molecule has 0 aromatic heterocycles. The zero-order chi connectivity index (χ0) is 7.28. The summed E-state index contributed by atoms with van der Waals surface area (Å²) < 4.78 is 0. The topological polar surface area (TPSA) is 27.6 Å². The van der Waals surface area contributed by atoms with E-state index in [1.54, 1.807) is 6.20 Å². The summed E-state index contributed by atoms with van der Waals surface area (Å²) in [6.45, 7) is 5.25. The van der Waals surface area contributed by atoms with Gasteiger partial charge in [-0.05, 0) is 6.92 Å². The molecular formula is C6H13N3. The standard InChI is InChI=1S/C6H13N3/c1-6(9(3)4)5-8-7-2/h5,8H,2H2,1,3-4H3/b6-5-. The van der Waals surface area contributed by atoms with Crippen molar-refractivity contribution in [2.24, 2.45) is 5.10 Å². The SMILES string of the molecule is C=NN/C=C(/C)N(C)C. The van der Waals surface area contributed by atoms with Gasteiger partial charge in [0, 0.05) is 32.7 Å². The Kier molecular flexibility index (Phi) is 3.51. The Balaban J connectivity index is 3.68. The second-order valence-corrected chi connectivity index (χ2v) is 1.97. The Labute approximate surface area is 56.0 Å². The van der Waals surface area contributed by atoms with Gasteiger partial charge in [-0.15, -0.1) is 0 Å². The number of allylic oxidation sites excluding steroid dienone is 1. The first-order chi connectivity index (χ1) is 4.18. The molecule has 52 valence electrons. The van der Waals surface area contributed by atoms with Crippen molar-refractivity contribution >= 4 is 6.72 Å². The predicted octanol–water partition coefficient (Wildman–Crippen LogP) is 0.615. The van der Waals surface area contributed by atoms with Gasteiger partial charge in [0.2, 0.25) is 0 Å². The lowest BCUT2D eigenvalue weighted by Gasteiger charge is -2.11. The van der Waals surface area contributed by atoms with E-state index in [4.69, 9.17) is 0 Å². The average Bonchev–Trinajstić information content (AvgIpc) is 1.82. The summed E-state index contributed by atoms with van der Waals surface area (Å²) in [6, 6.07) is 0. The molecule has 3 nitrogen and oxygen atoms in total. The van der Waals surface area contributed by atoms with Crippen molar-refractivity contribution < 1.29 is 0 Å². The second kappa shape index (κ2) is 3.95. The quantitative estimate of drug-likeness (QED) is 0.444. The molecule has 0 amide bonds. The van der Waals surface area contributed by atoms with Crippen molar-refractivity contribution in [2.75, 3.05) is 14.1 Å². The smallest absolute Gasteiger partial charge is 0.0388 e. The maximum Gasteiger partial charge on any atom is 0.0388 e. The van der Waals surface area contributed by atoms with Crippen molar-refractivity contribution in [3.05, 3.63) is 11.9 Å². The summed E-state index contributed by atoms with van der Waals surface area (Å²) in [7, 11) is 3.94. The van der Waals surface area contributed by atoms with E-state index < -0.39 is 0 Å². The molecule has 0 bridgehead atoms. The van der Waals surface area contributed by atoms with Crippen LogP contribution in [0.3, 0.4) is 0 Å². The largest absolute Gasteiger partial charge is 0.380 e. The van der Waals surface area contributed by atoms with Crippen LogP contribution in [0.15, 0.2) is 17.0 Å². The molecule has 0 aliphatic heterocycles. The van der Waals surface area contributed by atoms with Gasteiger partial charge in [-0.1, -0.05) is 0 Å². The molecule has 0 heterocycles. The zero-order valence-electron chi connectivity index (χ0n) is 6.18. The Morgan fingerprint density at radius 1 is 1.67 bits per heavy atom. The highest BCUT2D eigenvalue weighted by Gasteiger charge is 1.86. The van der Waals surface area contributed by atoms with Gasteiger partial charge in [-0.3, -0.25) is 5.43 Å². The Bertz CT molecular complexity index is 115. The van der Waals surface area contributed by atoms with E-state index in [9.17, 15) is 0 Å². The summed E-state index contributed by atoms with van der Waals surface area (Å²) in [5.41, 5.74) is 3.75. The number of hydrazone groups is 1. The fourth-order valence-electron chi connectivity index (χ4n) is 0.268. The average molecular weight is 127 g/mol. The van der Waals surface area contributed by atoms with Crippen molar-refractivity contribution in [3.8, 4) is 0 Å². The summed E-state index contributed by atoms with van der Waals surface area (Å²) in [4.78, 5) is 1.98. The number of hydrogen-bond donors (Lipinski definition) is 1. The van der Waals surface area contributed by atoms with Crippen LogP contribution in [-0.2, 0) is 0 Å². The van der Waals surface area contributed by atoms with Crippen molar-refractivity contribution in [1.29, 1.82) is 0 Å². The lowest BCUT2D eigenvalue weighted by molar-refractivity contribution is 0.508. The normalized spacial score (nSPS) is 10.8. The maximum atomic E-state index is 3.46. The van der Waals surface area contributed by atoms with Gasteiger partial charge in [0.1, 0.15) is 0 Å². The van der Waals surface area contributed by atoms with Gasteiger partial charge in [0.25, 0.3) is 0 Å². The molecule has 0 unspecified atom stereocenters. The maximum absolute atomic E-state index is 3.46. The van der Waals surface area contributed by atoms with Gasteiger partial charge in [-0.2, -0.15) is 5.10 Å². The number of nitrogens with zero attached hydrogens (tertiary/aromatic N) is 2. The summed E-state index contributed by atoms with van der Waals surface area (Å²) >= 11 is 0. The van der Waals surface area contributed by atoms with Gasteiger partial charge >= 0.3 is 0 Å². The first kappa shape index (κ1) is 8.01. The van der Waals surface area contributed by atoms with E-state index in [2.05, 4.69) is 17.2 Å². The van der Waals surface area contributed by atoms with E-state index in [0.29, 0.717) is 0 Å². The molecule has 0 aromatic carbocycles. The third-order valence-electron chi connectivity index (χ3n) is 1.07. The van der Waals surface area contributed by atoms with Crippen LogP contribution in [0.25, 0.3) is 0 Å². The van der Waals surface area contributed by atoms with Crippen LogP contribution in [0.1, 0.15) is 6.92 Å². The van der Waals surface area contributed by atoms with E-state index in [1.807, 2.05) is 25.9 Å². The van der Waals surface area contributed by atoms with Gasteiger partial charge in [0.15, 0.2) is 0 Å². The molecule has 0 aliphatic carbocycles. The Morgan fingerprint density at radius 2 is 2.22 bits per heavy atom. The summed E-state index contributed by atoms with van der Waals surface area (Å²) in [6.07, 6.45) is 1.78. The highest BCUT2D eigenvalue weighted by molar-refractivity contribution is 5.22. The van der Waals surface area contributed by atoms with E-state index in [1.165, 1.54) is 0 Å². The number of nitrogens with one attached hydrogen (secondary N) is 1.